The summed E-state index contributed by atoms with van der Waals surface area (Å²) in [7, 11) is 1.57. The number of benzene rings is 1. The summed E-state index contributed by atoms with van der Waals surface area (Å²) in [5.41, 5.74) is -0.431. The fraction of sp³-hybridized carbons (Fsp3) is 0.455. The molecule has 1 aliphatic carbocycles. The van der Waals surface area contributed by atoms with Crippen LogP contribution in [0.2, 0.25) is 0 Å². The van der Waals surface area contributed by atoms with Gasteiger partial charge >= 0.3 is 0 Å². The van der Waals surface area contributed by atoms with Crippen LogP contribution in [0.1, 0.15) is 12.8 Å². The molecule has 1 aliphatic rings. The highest BCUT2D eigenvalue weighted by Gasteiger charge is 2.46. The number of aliphatic hydroxyl groups is 1. The molecule has 0 saturated heterocycles. The van der Waals surface area contributed by atoms with Crippen LogP contribution in [0, 0.1) is 11.6 Å². The molecular formula is C11H13F2NO2. The molecule has 0 atom stereocenters. The van der Waals surface area contributed by atoms with Crippen molar-refractivity contribution in [1.29, 1.82) is 0 Å². The predicted octanol–water partition coefficient (Wildman–Crippen LogP) is 1.91. The quantitative estimate of drug-likeness (QED) is 0.828. The van der Waals surface area contributed by atoms with Crippen LogP contribution in [0.3, 0.4) is 0 Å². The van der Waals surface area contributed by atoms with Gasteiger partial charge in [-0.25, -0.2) is 8.78 Å². The molecule has 1 aromatic rings. The number of hydrogen-bond donors (Lipinski definition) is 2. The molecule has 1 fully saturated rings. The molecule has 0 amide bonds. The molecule has 0 spiro atoms. The summed E-state index contributed by atoms with van der Waals surface area (Å²) in [6.07, 6.45) is 1.24. The van der Waals surface area contributed by atoms with E-state index in [1.807, 2.05) is 0 Å². The first kappa shape index (κ1) is 11.1. The molecule has 0 aromatic heterocycles. The molecule has 2 N–H and O–H groups in total. The van der Waals surface area contributed by atoms with E-state index in [4.69, 9.17) is 9.84 Å². The Labute approximate surface area is 92.0 Å². The van der Waals surface area contributed by atoms with Crippen LogP contribution < -0.4 is 10.1 Å². The molecule has 0 unspecified atom stereocenters. The van der Waals surface area contributed by atoms with Crippen molar-refractivity contribution in [1.82, 2.24) is 0 Å². The van der Waals surface area contributed by atoms with Crippen molar-refractivity contribution < 1.29 is 18.6 Å². The molecule has 0 bridgehead atoms. The second-order valence-corrected chi connectivity index (χ2v) is 3.96. The van der Waals surface area contributed by atoms with Gasteiger partial charge in [0, 0.05) is 24.9 Å². The zero-order valence-corrected chi connectivity index (χ0v) is 8.89. The third-order valence-corrected chi connectivity index (χ3v) is 2.70. The lowest BCUT2D eigenvalue weighted by molar-refractivity contribution is 0.0872. The topological polar surface area (TPSA) is 41.5 Å². The summed E-state index contributed by atoms with van der Waals surface area (Å²) in [5.74, 6) is -1.93. The first-order chi connectivity index (χ1) is 7.60. The Hall–Kier alpha value is -1.36. The Bertz CT molecular complexity index is 382. The normalized spacial score (nSPS) is 17.0. The zero-order valence-electron chi connectivity index (χ0n) is 8.89. The molecule has 1 aromatic carbocycles. The van der Waals surface area contributed by atoms with Crippen molar-refractivity contribution in [2.24, 2.45) is 0 Å². The van der Waals surface area contributed by atoms with Gasteiger partial charge < -0.3 is 15.2 Å². The summed E-state index contributed by atoms with van der Waals surface area (Å²) in [6.45, 7) is -0.223. The van der Waals surface area contributed by atoms with E-state index in [9.17, 15) is 8.78 Å². The number of rotatable bonds is 4. The minimum absolute atomic E-state index is 0.223. The number of halogens is 2. The third kappa shape index (κ3) is 1.95. The standard InChI is InChI=1S/C11H13F2NO2/c1-14-7-4-8(12)10(9(13)5-7)16-11(6-15)2-3-11/h4-5,14-15H,2-3,6H2,1H3. The van der Waals surface area contributed by atoms with E-state index in [0.717, 1.165) is 12.1 Å². The molecule has 0 aliphatic heterocycles. The van der Waals surface area contributed by atoms with Crippen LogP contribution in [0.25, 0.3) is 0 Å². The average Bonchev–Trinajstić information content (AvgIpc) is 3.04. The Morgan fingerprint density at radius 3 is 2.31 bits per heavy atom. The molecule has 2 rings (SSSR count). The maximum absolute atomic E-state index is 13.5. The van der Waals surface area contributed by atoms with Gasteiger partial charge in [-0.1, -0.05) is 0 Å². The lowest BCUT2D eigenvalue weighted by Crippen LogP contribution is -2.23. The first-order valence-electron chi connectivity index (χ1n) is 5.07. The molecule has 0 heterocycles. The van der Waals surface area contributed by atoms with Crippen molar-refractivity contribution >= 4 is 5.69 Å². The summed E-state index contributed by atoms with van der Waals surface area (Å²) in [6, 6.07) is 2.32. The van der Waals surface area contributed by atoms with Crippen LogP contribution in [0.4, 0.5) is 14.5 Å². The molecule has 16 heavy (non-hydrogen) atoms. The van der Waals surface area contributed by atoms with Gasteiger partial charge in [0.1, 0.15) is 5.60 Å². The average molecular weight is 229 g/mol. The van der Waals surface area contributed by atoms with Gasteiger partial charge in [0.2, 0.25) is 0 Å². The molecule has 1 saturated carbocycles. The molecule has 88 valence electrons. The molecular weight excluding hydrogens is 216 g/mol. The van der Waals surface area contributed by atoms with E-state index in [2.05, 4.69) is 5.32 Å². The predicted molar refractivity (Wildman–Crippen MR) is 55.6 cm³/mol. The summed E-state index contributed by atoms with van der Waals surface area (Å²) < 4.78 is 32.2. The van der Waals surface area contributed by atoms with Gasteiger partial charge in [0.05, 0.1) is 6.61 Å². The third-order valence-electron chi connectivity index (χ3n) is 2.70. The monoisotopic (exact) mass is 229 g/mol. The zero-order chi connectivity index (χ0) is 11.8. The highest BCUT2D eigenvalue weighted by Crippen LogP contribution is 2.41. The van der Waals surface area contributed by atoms with Crippen molar-refractivity contribution in [3.05, 3.63) is 23.8 Å². The van der Waals surface area contributed by atoms with Gasteiger partial charge in [-0.2, -0.15) is 0 Å². The minimum Gasteiger partial charge on any atom is -0.479 e. The summed E-state index contributed by atoms with van der Waals surface area (Å²) >= 11 is 0. The smallest absolute Gasteiger partial charge is 0.191 e. The van der Waals surface area contributed by atoms with Crippen molar-refractivity contribution in [3.63, 3.8) is 0 Å². The second kappa shape index (κ2) is 3.90. The number of nitrogens with one attached hydrogen (secondary N) is 1. The van der Waals surface area contributed by atoms with E-state index in [0.29, 0.717) is 18.5 Å². The largest absolute Gasteiger partial charge is 0.479 e. The second-order valence-electron chi connectivity index (χ2n) is 3.96. The molecule has 5 heteroatoms. The number of anilines is 1. The fourth-order valence-corrected chi connectivity index (χ4v) is 1.45. The van der Waals surface area contributed by atoms with Gasteiger partial charge in [0.15, 0.2) is 17.4 Å². The van der Waals surface area contributed by atoms with E-state index in [1.54, 1.807) is 7.05 Å². The Kier molecular flexibility index (Phi) is 2.71. The maximum atomic E-state index is 13.5. The minimum atomic E-state index is -0.775. The lowest BCUT2D eigenvalue weighted by Gasteiger charge is -2.16. The van der Waals surface area contributed by atoms with Crippen molar-refractivity contribution in [3.8, 4) is 5.75 Å². The van der Waals surface area contributed by atoms with E-state index < -0.39 is 23.0 Å². The SMILES string of the molecule is CNc1cc(F)c(OC2(CO)CC2)c(F)c1. The van der Waals surface area contributed by atoms with Crippen molar-refractivity contribution in [2.75, 3.05) is 19.0 Å². The summed E-state index contributed by atoms with van der Waals surface area (Å²) in [5, 5.41) is 11.7. The summed E-state index contributed by atoms with van der Waals surface area (Å²) in [4.78, 5) is 0. The highest BCUT2D eigenvalue weighted by molar-refractivity contribution is 5.47. The van der Waals surface area contributed by atoms with Crippen LogP contribution >= 0.6 is 0 Å². The Balaban J connectivity index is 2.27. The fourth-order valence-electron chi connectivity index (χ4n) is 1.45. The number of aliphatic hydroxyl groups excluding tert-OH is 1. The van der Waals surface area contributed by atoms with Gasteiger partial charge in [0.25, 0.3) is 0 Å². The lowest BCUT2D eigenvalue weighted by atomic mass is 10.2. The van der Waals surface area contributed by atoms with Crippen LogP contribution in [-0.2, 0) is 0 Å². The molecule has 0 radical (unpaired) electrons. The van der Waals surface area contributed by atoms with Crippen LogP contribution in [0.15, 0.2) is 12.1 Å². The van der Waals surface area contributed by atoms with Crippen LogP contribution in [-0.4, -0.2) is 24.4 Å². The Morgan fingerprint density at radius 1 is 1.38 bits per heavy atom. The van der Waals surface area contributed by atoms with E-state index in [-0.39, 0.29) is 6.61 Å². The maximum Gasteiger partial charge on any atom is 0.191 e. The van der Waals surface area contributed by atoms with Crippen LogP contribution in [0.5, 0.6) is 5.75 Å². The molecule has 3 nitrogen and oxygen atoms in total. The van der Waals surface area contributed by atoms with E-state index >= 15 is 0 Å². The number of hydrogen-bond acceptors (Lipinski definition) is 3. The van der Waals surface area contributed by atoms with Gasteiger partial charge in [-0.15, -0.1) is 0 Å². The van der Waals surface area contributed by atoms with Gasteiger partial charge in [-0.05, 0) is 12.8 Å². The first-order valence-corrected chi connectivity index (χ1v) is 5.07. The van der Waals surface area contributed by atoms with E-state index in [1.165, 1.54) is 0 Å². The Morgan fingerprint density at radius 2 is 1.94 bits per heavy atom. The van der Waals surface area contributed by atoms with Gasteiger partial charge in [-0.3, -0.25) is 0 Å². The number of ether oxygens (including phenoxy) is 1. The highest BCUT2D eigenvalue weighted by atomic mass is 19.1. The van der Waals surface area contributed by atoms with Crippen molar-refractivity contribution in [2.45, 2.75) is 18.4 Å².